The number of aliphatic hydroxyl groups is 1. The van der Waals surface area contributed by atoms with Gasteiger partial charge in [0.2, 0.25) is 17.8 Å². The van der Waals surface area contributed by atoms with E-state index in [1.165, 1.54) is 15.9 Å². The molecule has 3 aliphatic rings. The Labute approximate surface area is 354 Å². The number of likely N-dealkylation sites (tertiary alicyclic amines) is 1. The molecule has 0 radical (unpaired) electrons. The Morgan fingerprint density at radius 1 is 0.934 bits per heavy atom. The van der Waals surface area contributed by atoms with Gasteiger partial charge < -0.3 is 20.2 Å². The maximum atomic E-state index is 13.4. The first-order chi connectivity index (χ1) is 29.4. The van der Waals surface area contributed by atoms with Crippen LogP contribution in [0.5, 0.6) is 0 Å². The number of carbonyl (C=O) groups is 2. The van der Waals surface area contributed by atoms with Crippen LogP contribution in [0.3, 0.4) is 0 Å². The summed E-state index contributed by atoms with van der Waals surface area (Å²) in [6.07, 6.45) is 8.58. The Morgan fingerprint density at radius 3 is 2.43 bits per heavy atom. The molecule has 9 rings (SSSR count). The molecule has 0 saturated carbocycles. The van der Waals surface area contributed by atoms with Gasteiger partial charge in [0, 0.05) is 56.1 Å². The zero-order valence-electron chi connectivity index (χ0n) is 35.0. The van der Waals surface area contributed by atoms with E-state index in [1.54, 1.807) is 49.0 Å². The first-order valence-corrected chi connectivity index (χ1v) is 21.4. The number of aromatic nitrogens is 7. The molecule has 15 heteroatoms. The van der Waals surface area contributed by atoms with E-state index in [9.17, 15) is 19.5 Å². The van der Waals surface area contributed by atoms with Crippen LogP contribution in [-0.4, -0.2) is 88.6 Å². The summed E-state index contributed by atoms with van der Waals surface area (Å²) < 4.78 is 5.04. The summed E-state index contributed by atoms with van der Waals surface area (Å²) in [5, 5.41) is 22.5. The van der Waals surface area contributed by atoms with Crippen molar-refractivity contribution in [3.63, 3.8) is 0 Å². The molecule has 3 saturated heterocycles. The third-order valence-corrected chi connectivity index (χ3v) is 12.7. The fourth-order valence-electron chi connectivity index (χ4n) is 9.33. The number of fused-ring (bicyclic) bond motifs is 2. The highest BCUT2D eigenvalue weighted by molar-refractivity contribution is 6.02. The molecule has 0 spiro atoms. The first kappa shape index (κ1) is 40.2. The van der Waals surface area contributed by atoms with E-state index in [2.05, 4.69) is 79.4 Å². The summed E-state index contributed by atoms with van der Waals surface area (Å²) in [5.74, 6) is 1.12. The highest BCUT2D eigenvalue weighted by atomic mass is 16.3. The molecule has 1 atom stereocenters. The number of pyridine rings is 1. The Bertz CT molecular complexity index is 2680. The summed E-state index contributed by atoms with van der Waals surface area (Å²) in [6, 6.07) is 20.3. The van der Waals surface area contributed by atoms with Crippen LogP contribution in [0.4, 0.5) is 17.3 Å². The average molecular weight is 824 g/mol. The van der Waals surface area contributed by atoms with Gasteiger partial charge >= 0.3 is 0 Å². The SMILES string of the molecule is C=CCn1c(=O)c2cnc(Nc3ccc(C4CCN(CC5CCN(c6ccc7c(C8CCC(=O)NC8=O)nn(C)c7c6)CC5)CC4)cc3)nc2n1-c1cccc(C(C)(C)O)n1. The number of allylic oxidation sites excluding steroid dienone is 1. The van der Waals surface area contributed by atoms with E-state index in [-0.39, 0.29) is 23.9 Å². The number of carbonyl (C=O) groups excluding carboxylic acids is 2. The number of aryl methyl sites for hydroxylation is 1. The van der Waals surface area contributed by atoms with Crippen LogP contribution in [0.25, 0.3) is 27.8 Å². The molecule has 3 N–H and O–H groups in total. The van der Waals surface area contributed by atoms with E-state index >= 15 is 0 Å². The van der Waals surface area contributed by atoms with Crippen molar-refractivity contribution in [2.45, 2.75) is 76.4 Å². The van der Waals surface area contributed by atoms with Gasteiger partial charge in [0.1, 0.15) is 11.0 Å². The third-order valence-electron chi connectivity index (χ3n) is 12.7. The fraction of sp³-hybridized carbons (Fsp3) is 0.413. The third kappa shape index (κ3) is 8.07. The van der Waals surface area contributed by atoms with Crippen LogP contribution in [0.2, 0.25) is 0 Å². The summed E-state index contributed by atoms with van der Waals surface area (Å²) in [7, 11) is 1.92. The molecule has 2 aromatic carbocycles. The Hall–Kier alpha value is -6.19. The molecule has 0 aliphatic carbocycles. The van der Waals surface area contributed by atoms with E-state index in [0.29, 0.717) is 53.2 Å². The highest BCUT2D eigenvalue weighted by Gasteiger charge is 2.32. The summed E-state index contributed by atoms with van der Waals surface area (Å²) in [5.41, 5.74) is 4.60. The lowest BCUT2D eigenvalue weighted by Gasteiger charge is -2.38. The van der Waals surface area contributed by atoms with Gasteiger partial charge in [-0.15, -0.1) is 6.58 Å². The molecule has 2 amide bonds. The van der Waals surface area contributed by atoms with Gasteiger partial charge in [-0.1, -0.05) is 24.3 Å². The number of rotatable bonds is 11. The topological polar surface area (TPSA) is 168 Å². The van der Waals surface area contributed by atoms with Gasteiger partial charge in [0.25, 0.3) is 5.56 Å². The number of imide groups is 1. The number of benzene rings is 2. The highest BCUT2D eigenvalue weighted by Crippen LogP contribution is 2.35. The minimum atomic E-state index is -1.16. The second-order valence-corrected chi connectivity index (χ2v) is 17.3. The van der Waals surface area contributed by atoms with Crippen molar-refractivity contribution >= 4 is 51.1 Å². The lowest BCUT2D eigenvalue weighted by molar-refractivity contribution is -0.134. The van der Waals surface area contributed by atoms with Crippen molar-refractivity contribution in [1.82, 2.24) is 44.3 Å². The maximum Gasteiger partial charge on any atom is 0.278 e. The summed E-state index contributed by atoms with van der Waals surface area (Å²) in [6.45, 7) is 12.8. The lowest BCUT2D eigenvalue weighted by Crippen LogP contribution is -2.41. The minimum absolute atomic E-state index is 0.212. The van der Waals surface area contributed by atoms with Gasteiger partial charge in [0.05, 0.1) is 29.4 Å². The summed E-state index contributed by atoms with van der Waals surface area (Å²) in [4.78, 5) is 56.8. The molecule has 0 bridgehead atoms. The molecule has 1 unspecified atom stereocenters. The van der Waals surface area contributed by atoms with Gasteiger partial charge in [-0.2, -0.15) is 10.1 Å². The molecule has 316 valence electrons. The van der Waals surface area contributed by atoms with Crippen molar-refractivity contribution < 1.29 is 14.7 Å². The molecule has 6 aromatic rings. The molecular weight excluding hydrogens is 771 g/mol. The van der Waals surface area contributed by atoms with Crippen LogP contribution in [0.1, 0.15) is 81.2 Å². The number of nitrogens with zero attached hydrogens (tertiary/aromatic N) is 9. The quantitative estimate of drug-likeness (QED) is 0.109. The lowest BCUT2D eigenvalue weighted by atomic mass is 9.88. The average Bonchev–Trinajstić information content (AvgIpc) is 3.73. The van der Waals surface area contributed by atoms with Crippen LogP contribution >= 0.6 is 0 Å². The Balaban J connectivity index is 0.790. The van der Waals surface area contributed by atoms with Gasteiger partial charge in [-0.05, 0) is 119 Å². The number of anilines is 3. The molecule has 3 fully saturated rings. The van der Waals surface area contributed by atoms with E-state index in [1.807, 2.05) is 11.7 Å². The fourth-order valence-corrected chi connectivity index (χ4v) is 9.33. The van der Waals surface area contributed by atoms with E-state index < -0.39 is 11.5 Å². The summed E-state index contributed by atoms with van der Waals surface area (Å²) >= 11 is 0. The largest absolute Gasteiger partial charge is 0.384 e. The van der Waals surface area contributed by atoms with Crippen LogP contribution < -0.4 is 21.1 Å². The number of amides is 2. The molecule has 7 heterocycles. The second kappa shape index (κ2) is 16.3. The van der Waals surface area contributed by atoms with Crippen molar-refractivity contribution in [3.05, 3.63) is 107 Å². The van der Waals surface area contributed by atoms with Gasteiger partial charge in [-0.3, -0.25) is 24.4 Å². The molecule has 4 aromatic heterocycles. The van der Waals surface area contributed by atoms with Crippen LogP contribution in [0, 0.1) is 5.92 Å². The van der Waals surface area contributed by atoms with Crippen LogP contribution in [-0.2, 0) is 28.8 Å². The van der Waals surface area contributed by atoms with E-state index in [4.69, 9.17) is 10.1 Å². The standard InChI is InChI=1S/C46H53N11O4/c1-5-21-56-44(60)36-27-47-45(51-42(36)57(56)39-8-6-7-38(49-39)46(2,3)61)48-32-11-9-30(10-12-32)31-19-22-54(23-20-31)28-29-17-24-55(25-18-29)33-13-14-34-37(26-33)53(4)52-41(34)35-15-16-40(58)50-43(35)59/h5-14,26-27,29,31,35,61H,1,15-25,28H2,2-4H3,(H,47,48,51)(H,50,58,59). The van der Waals surface area contributed by atoms with Crippen molar-refractivity contribution in [2.75, 3.05) is 42.9 Å². The van der Waals surface area contributed by atoms with Crippen molar-refractivity contribution in [1.29, 1.82) is 0 Å². The molecular formula is C46H53N11O4. The first-order valence-electron chi connectivity index (χ1n) is 21.4. The molecule has 61 heavy (non-hydrogen) atoms. The zero-order chi connectivity index (χ0) is 42.4. The molecule has 15 nitrogen and oxygen atoms in total. The monoisotopic (exact) mass is 823 g/mol. The smallest absolute Gasteiger partial charge is 0.278 e. The number of hydrogen-bond acceptors (Lipinski definition) is 11. The van der Waals surface area contributed by atoms with Crippen LogP contribution in [0.15, 0.2) is 84.3 Å². The Kier molecular flexibility index (Phi) is 10.8. The normalized spacial score (nSPS) is 18.6. The van der Waals surface area contributed by atoms with Gasteiger partial charge in [0.15, 0.2) is 11.5 Å². The molecule has 3 aliphatic heterocycles. The maximum absolute atomic E-state index is 13.4. The van der Waals surface area contributed by atoms with E-state index in [0.717, 1.165) is 80.7 Å². The number of nitrogens with one attached hydrogen (secondary N) is 2. The number of piperidine rings is 3. The Morgan fingerprint density at radius 2 is 1.70 bits per heavy atom. The number of hydrogen-bond donors (Lipinski definition) is 3. The minimum Gasteiger partial charge on any atom is -0.384 e. The second-order valence-electron chi connectivity index (χ2n) is 17.3. The van der Waals surface area contributed by atoms with Crippen molar-refractivity contribution in [3.8, 4) is 5.82 Å². The predicted octanol–water partition coefficient (Wildman–Crippen LogP) is 5.64. The van der Waals surface area contributed by atoms with Crippen molar-refractivity contribution in [2.24, 2.45) is 13.0 Å². The van der Waals surface area contributed by atoms with Gasteiger partial charge in [-0.25, -0.2) is 19.3 Å². The zero-order valence-corrected chi connectivity index (χ0v) is 35.0. The predicted molar refractivity (Wildman–Crippen MR) is 235 cm³/mol.